The Morgan fingerprint density at radius 1 is 1.11 bits per heavy atom. The summed E-state index contributed by atoms with van der Waals surface area (Å²) >= 11 is 0. The Hall–Kier alpha value is -2.20. The summed E-state index contributed by atoms with van der Waals surface area (Å²) in [6.07, 6.45) is 0.153. The van der Waals surface area contributed by atoms with Crippen molar-refractivity contribution in [2.75, 3.05) is 5.32 Å². The number of amides is 1. The number of halogens is 1. The Labute approximate surface area is 111 Å². The zero-order valence-electron chi connectivity index (χ0n) is 10.3. The summed E-state index contributed by atoms with van der Waals surface area (Å²) in [5, 5.41) is 2.76. The number of hydrogen-bond donors (Lipinski definition) is 2. The molecule has 3 nitrogen and oxygen atoms in total. The molecule has 0 fully saturated rings. The number of anilines is 1. The summed E-state index contributed by atoms with van der Waals surface area (Å²) in [6.45, 7) is 0. The van der Waals surface area contributed by atoms with Crippen LogP contribution in [0.25, 0.3) is 0 Å². The lowest BCUT2D eigenvalue weighted by Gasteiger charge is -2.12. The third kappa shape index (κ3) is 3.89. The number of carbonyl (C=O) groups is 1. The van der Waals surface area contributed by atoms with Gasteiger partial charge in [0.1, 0.15) is 5.82 Å². The molecule has 0 aromatic heterocycles. The maximum absolute atomic E-state index is 12.8. The van der Waals surface area contributed by atoms with Crippen LogP contribution in [0.2, 0.25) is 0 Å². The van der Waals surface area contributed by atoms with Crippen LogP contribution in [0.1, 0.15) is 18.0 Å². The molecule has 2 aromatic carbocycles. The standard InChI is InChI=1S/C15H15FN2O/c16-12-8-6-11(7-9-12)14(17)10-15(19)18-13-4-2-1-3-5-13/h1-9,14H,10,17H2,(H,18,19). The number of hydrogen-bond acceptors (Lipinski definition) is 2. The second-order valence-corrected chi connectivity index (χ2v) is 4.28. The Kier molecular flexibility index (Phi) is 4.26. The van der Waals surface area contributed by atoms with E-state index in [4.69, 9.17) is 5.73 Å². The van der Waals surface area contributed by atoms with E-state index in [1.165, 1.54) is 12.1 Å². The second kappa shape index (κ2) is 6.11. The van der Waals surface area contributed by atoms with E-state index >= 15 is 0 Å². The van der Waals surface area contributed by atoms with Gasteiger partial charge in [0, 0.05) is 18.2 Å². The third-order valence-electron chi connectivity index (χ3n) is 2.76. The molecule has 0 aliphatic heterocycles. The van der Waals surface area contributed by atoms with Crippen LogP contribution in [-0.2, 0) is 4.79 Å². The minimum atomic E-state index is -0.440. The van der Waals surface area contributed by atoms with Crippen LogP contribution >= 0.6 is 0 Å². The molecule has 98 valence electrons. The highest BCUT2D eigenvalue weighted by molar-refractivity contribution is 5.91. The highest BCUT2D eigenvalue weighted by atomic mass is 19.1. The highest BCUT2D eigenvalue weighted by Gasteiger charge is 2.11. The number of nitrogens with two attached hydrogens (primary N) is 1. The Bertz CT molecular complexity index is 540. The fourth-order valence-corrected chi connectivity index (χ4v) is 1.76. The first-order chi connectivity index (χ1) is 9.15. The minimum absolute atomic E-state index is 0.153. The van der Waals surface area contributed by atoms with Gasteiger partial charge in [0.2, 0.25) is 5.91 Å². The summed E-state index contributed by atoms with van der Waals surface area (Å²) in [6, 6.07) is 14.6. The first kappa shape index (κ1) is 13.2. The topological polar surface area (TPSA) is 55.1 Å². The summed E-state index contributed by atoms with van der Waals surface area (Å²) in [7, 11) is 0. The van der Waals surface area contributed by atoms with E-state index in [9.17, 15) is 9.18 Å². The summed E-state index contributed by atoms with van der Waals surface area (Å²) in [5.74, 6) is -0.479. The smallest absolute Gasteiger partial charge is 0.226 e. The third-order valence-corrected chi connectivity index (χ3v) is 2.76. The maximum Gasteiger partial charge on any atom is 0.226 e. The largest absolute Gasteiger partial charge is 0.326 e. The van der Waals surface area contributed by atoms with Crippen LogP contribution in [0.3, 0.4) is 0 Å². The van der Waals surface area contributed by atoms with Crippen LogP contribution in [0.4, 0.5) is 10.1 Å². The van der Waals surface area contributed by atoms with Crippen molar-refractivity contribution in [2.24, 2.45) is 5.73 Å². The molecule has 0 heterocycles. The van der Waals surface area contributed by atoms with E-state index in [1.807, 2.05) is 18.2 Å². The van der Waals surface area contributed by atoms with Gasteiger partial charge < -0.3 is 11.1 Å². The van der Waals surface area contributed by atoms with Gasteiger partial charge in [-0.1, -0.05) is 30.3 Å². The minimum Gasteiger partial charge on any atom is -0.326 e. The van der Waals surface area contributed by atoms with E-state index < -0.39 is 6.04 Å². The van der Waals surface area contributed by atoms with Crippen molar-refractivity contribution in [1.29, 1.82) is 0 Å². The van der Waals surface area contributed by atoms with Crippen LogP contribution in [0, 0.1) is 5.82 Å². The number of carbonyl (C=O) groups excluding carboxylic acids is 1. The first-order valence-electron chi connectivity index (χ1n) is 6.01. The molecular weight excluding hydrogens is 243 g/mol. The van der Waals surface area contributed by atoms with Gasteiger partial charge in [0.05, 0.1) is 0 Å². The molecule has 0 spiro atoms. The predicted molar refractivity (Wildman–Crippen MR) is 73.0 cm³/mol. The molecule has 0 saturated heterocycles. The van der Waals surface area contributed by atoms with E-state index in [1.54, 1.807) is 24.3 Å². The molecule has 1 unspecified atom stereocenters. The quantitative estimate of drug-likeness (QED) is 0.886. The van der Waals surface area contributed by atoms with Crippen molar-refractivity contribution in [3.8, 4) is 0 Å². The van der Waals surface area contributed by atoms with Gasteiger partial charge in [-0.25, -0.2) is 4.39 Å². The molecule has 1 amide bonds. The SMILES string of the molecule is NC(CC(=O)Nc1ccccc1)c1ccc(F)cc1. The fourth-order valence-electron chi connectivity index (χ4n) is 1.76. The first-order valence-corrected chi connectivity index (χ1v) is 6.01. The average Bonchev–Trinajstić information content (AvgIpc) is 2.40. The normalized spacial score (nSPS) is 11.9. The molecule has 1 atom stereocenters. The molecule has 2 rings (SSSR count). The number of para-hydroxylation sites is 1. The average molecular weight is 258 g/mol. The Morgan fingerprint density at radius 3 is 2.37 bits per heavy atom. The van der Waals surface area contributed by atoms with Crippen molar-refractivity contribution in [3.63, 3.8) is 0 Å². The monoisotopic (exact) mass is 258 g/mol. The summed E-state index contributed by atoms with van der Waals surface area (Å²) < 4.78 is 12.8. The van der Waals surface area contributed by atoms with Gasteiger partial charge >= 0.3 is 0 Å². The molecule has 0 aliphatic rings. The van der Waals surface area contributed by atoms with E-state index in [2.05, 4.69) is 5.32 Å². The van der Waals surface area contributed by atoms with Gasteiger partial charge in [-0.05, 0) is 29.8 Å². The van der Waals surface area contributed by atoms with E-state index in [0.29, 0.717) is 0 Å². The van der Waals surface area contributed by atoms with Gasteiger partial charge in [0.25, 0.3) is 0 Å². The Morgan fingerprint density at radius 2 is 1.74 bits per heavy atom. The van der Waals surface area contributed by atoms with Crippen molar-refractivity contribution in [3.05, 3.63) is 66.0 Å². The van der Waals surface area contributed by atoms with Crippen LogP contribution in [0.15, 0.2) is 54.6 Å². The predicted octanol–water partition coefficient (Wildman–Crippen LogP) is 2.85. The lowest BCUT2D eigenvalue weighted by molar-refractivity contribution is -0.116. The van der Waals surface area contributed by atoms with Crippen LogP contribution < -0.4 is 11.1 Å². The van der Waals surface area contributed by atoms with Gasteiger partial charge in [-0.3, -0.25) is 4.79 Å². The van der Waals surface area contributed by atoms with Crippen molar-refractivity contribution in [1.82, 2.24) is 0 Å². The second-order valence-electron chi connectivity index (χ2n) is 4.28. The fraction of sp³-hybridized carbons (Fsp3) is 0.133. The molecule has 19 heavy (non-hydrogen) atoms. The number of benzene rings is 2. The van der Waals surface area contributed by atoms with E-state index in [-0.39, 0.29) is 18.1 Å². The van der Waals surface area contributed by atoms with Gasteiger partial charge in [-0.15, -0.1) is 0 Å². The molecule has 3 N–H and O–H groups in total. The molecule has 4 heteroatoms. The molecule has 0 bridgehead atoms. The molecular formula is C15H15FN2O. The molecule has 0 aliphatic carbocycles. The summed E-state index contributed by atoms with van der Waals surface area (Å²) in [4.78, 5) is 11.8. The zero-order chi connectivity index (χ0) is 13.7. The maximum atomic E-state index is 12.8. The van der Waals surface area contributed by atoms with Crippen molar-refractivity contribution >= 4 is 11.6 Å². The number of nitrogens with one attached hydrogen (secondary N) is 1. The van der Waals surface area contributed by atoms with Crippen LogP contribution in [-0.4, -0.2) is 5.91 Å². The number of rotatable bonds is 4. The lowest BCUT2D eigenvalue weighted by atomic mass is 10.0. The summed E-state index contributed by atoms with van der Waals surface area (Å²) in [5.41, 5.74) is 7.39. The van der Waals surface area contributed by atoms with E-state index in [0.717, 1.165) is 11.3 Å². The molecule has 0 saturated carbocycles. The molecule has 0 radical (unpaired) electrons. The van der Waals surface area contributed by atoms with Crippen molar-refractivity contribution < 1.29 is 9.18 Å². The van der Waals surface area contributed by atoms with Crippen LogP contribution in [0.5, 0.6) is 0 Å². The highest BCUT2D eigenvalue weighted by Crippen LogP contribution is 2.15. The molecule has 2 aromatic rings. The van der Waals surface area contributed by atoms with Gasteiger partial charge in [0.15, 0.2) is 0 Å². The van der Waals surface area contributed by atoms with Crippen molar-refractivity contribution in [2.45, 2.75) is 12.5 Å². The zero-order valence-corrected chi connectivity index (χ0v) is 10.3. The lowest BCUT2D eigenvalue weighted by Crippen LogP contribution is -2.20. The van der Waals surface area contributed by atoms with Gasteiger partial charge in [-0.2, -0.15) is 0 Å². The Balaban J connectivity index is 1.93.